The molecule has 0 saturated heterocycles. The lowest BCUT2D eigenvalue weighted by Gasteiger charge is -2.22. The van der Waals surface area contributed by atoms with E-state index in [4.69, 9.17) is 9.47 Å². The van der Waals surface area contributed by atoms with Crippen molar-refractivity contribution >= 4 is 0 Å². The minimum atomic E-state index is 0.147. The maximum absolute atomic E-state index is 5.30. The highest BCUT2D eigenvalue weighted by atomic mass is 16.5. The van der Waals surface area contributed by atoms with Crippen LogP contribution in [-0.4, -0.2) is 37.3 Å². The minimum absolute atomic E-state index is 0.147. The molecule has 0 bridgehead atoms. The van der Waals surface area contributed by atoms with Crippen molar-refractivity contribution < 1.29 is 9.47 Å². The van der Waals surface area contributed by atoms with Gasteiger partial charge in [-0.2, -0.15) is 0 Å². The van der Waals surface area contributed by atoms with Crippen molar-refractivity contribution in [3.05, 3.63) is 18.1 Å². The van der Waals surface area contributed by atoms with Gasteiger partial charge in [-0.15, -0.1) is 0 Å². The molecule has 2 unspecified atom stereocenters. The Bertz CT molecular complexity index is 360. The molecule has 1 aromatic rings. The average molecular weight is 267 g/mol. The Morgan fingerprint density at radius 2 is 2.00 bits per heavy atom. The molecule has 0 radical (unpaired) electrons. The molecule has 0 saturated carbocycles. The molecule has 0 amide bonds. The zero-order valence-electron chi connectivity index (χ0n) is 12.3. The molecule has 0 aliphatic heterocycles. The zero-order chi connectivity index (χ0) is 14.1. The normalized spacial score (nSPS) is 14.1. The van der Waals surface area contributed by atoms with E-state index in [-0.39, 0.29) is 6.04 Å². The topological polar surface area (TPSA) is 56.3 Å². The lowest BCUT2D eigenvalue weighted by Crippen LogP contribution is -2.26. The molecule has 1 aromatic heterocycles. The van der Waals surface area contributed by atoms with Gasteiger partial charge < -0.3 is 14.8 Å². The Balaban J connectivity index is 2.82. The number of methoxy groups -OCH3 is 2. The van der Waals surface area contributed by atoms with Crippen LogP contribution in [0.5, 0.6) is 5.88 Å². The summed E-state index contributed by atoms with van der Waals surface area (Å²) in [5.74, 6) is 1.05. The smallest absolute Gasteiger partial charge is 0.236 e. The van der Waals surface area contributed by atoms with E-state index in [1.54, 1.807) is 26.6 Å². The van der Waals surface area contributed by atoms with Crippen LogP contribution >= 0.6 is 0 Å². The molecule has 108 valence electrons. The van der Waals surface area contributed by atoms with Crippen LogP contribution < -0.4 is 10.1 Å². The predicted molar refractivity (Wildman–Crippen MR) is 75.3 cm³/mol. The lowest BCUT2D eigenvalue weighted by molar-refractivity contribution is 0.148. The second-order valence-electron chi connectivity index (χ2n) is 4.75. The third-order valence-electron chi connectivity index (χ3n) is 2.94. The third-order valence-corrected chi connectivity index (χ3v) is 2.94. The summed E-state index contributed by atoms with van der Waals surface area (Å²) < 4.78 is 10.5. The summed E-state index contributed by atoms with van der Waals surface area (Å²) in [5.41, 5.74) is 0.876. The summed E-state index contributed by atoms with van der Waals surface area (Å²) >= 11 is 0. The van der Waals surface area contributed by atoms with Crippen LogP contribution in [0.4, 0.5) is 0 Å². The highest BCUT2D eigenvalue weighted by molar-refractivity contribution is 5.21. The number of rotatable bonds is 9. The number of ether oxygens (including phenoxy) is 2. The van der Waals surface area contributed by atoms with Crippen molar-refractivity contribution in [2.75, 3.05) is 27.4 Å². The van der Waals surface area contributed by atoms with Crippen molar-refractivity contribution in [2.24, 2.45) is 5.92 Å². The van der Waals surface area contributed by atoms with Crippen molar-refractivity contribution in [3.63, 3.8) is 0 Å². The highest BCUT2D eigenvalue weighted by Crippen LogP contribution is 2.25. The van der Waals surface area contributed by atoms with E-state index in [1.807, 2.05) is 0 Å². The van der Waals surface area contributed by atoms with E-state index < -0.39 is 0 Å². The van der Waals surface area contributed by atoms with E-state index in [0.29, 0.717) is 11.8 Å². The molecule has 2 atom stereocenters. The quantitative estimate of drug-likeness (QED) is 0.743. The van der Waals surface area contributed by atoms with E-state index in [0.717, 1.165) is 31.7 Å². The summed E-state index contributed by atoms with van der Waals surface area (Å²) in [6.07, 6.45) is 5.39. The Labute approximate surface area is 115 Å². The molecule has 0 fully saturated rings. The maximum atomic E-state index is 5.30. The van der Waals surface area contributed by atoms with E-state index >= 15 is 0 Å². The minimum Gasteiger partial charge on any atom is -0.480 e. The first-order valence-electron chi connectivity index (χ1n) is 6.80. The van der Waals surface area contributed by atoms with Gasteiger partial charge in [0.05, 0.1) is 13.2 Å². The Morgan fingerprint density at radius 3 is 2.63 bits per heavy atom. The third kappa shape index (κ3) is 5.12. The summed E-state index contributed by atoms with van der Waals surface area (Å²) in [6, 6.07) is 0.147. The predicted octanol–water partition coefficient (Wildman–Crippen LogP) is 2.20. The fourth-order valence-corrected chi connectivity index (χ4v) is 2.10. The van der Waals surface area contributed by atoms with Crippen molar-refractivity contribution in [1.29, 1.82) is 0 Å². The summed E-state index contributed by atoms with van der Waals surface area (Å²) in [5, 5.41) is 3.51. The number of hydrogen-bond donors (Lipinski definition) is 1. The average Bonchev–Trinajstić information content (AvgIpc) is 2.43. The van der Waals surface area contributed by atoms with Gasteiger partial charge in [0.2, 0.25) is 5.88 Å². The fraction of sp³-hybridized carbons (Fsp3) is 0.714. The van der Waals surface area contributed by atoms with Gasteiger partial charge in [0.1, 0.15) is 5.69 Å². The fourth-order valence-electron chi connectivity index (χ4n) is 2.10. The summed E-state index contributed by atoms with van der Waals surface area (Å²) in [6.45, 7) is 6.01. The van der Waals surface area contributed by atoms with Crippen LogP contribution in [0.1, 0.15) is 38.4 Å². The maximum Gasteiger partial charge on any atom is 0.236 e. The Kier molecular flexibility index (Phi) is 7.36. The molecule has 5 nitrogen and oxygen atoms in total. The molecule has 1 N–H and O–H groups in total. The van der Waals surface area contributed by atoms with Crippen molar-refractivity contribution in [2.45, 2.75) is 32.7 Å². The van der Waals surface area contributed by atoms with Crippen LogP contribution in [0, 0.1) is 5.92 Å². The molecular weight excluding hydrogens is 242 g/mol. The first kappa shape index (κ1) is 15.9. The van der Waals surface area contributed by atoms with Gasteiger partial charge >= 0.3 is 0 Å². The first-order valence-corrected chi connectivity index (χ1v) is 6.80. The standard InChI is InChI=1S/C14H25N3O2/c1-5-6-15-12(9-11(2)10-18-3)13-14(19-4)17-8-7-16-13/h7-8,11-12,15H,5-6,9-10H2,1-4H3. The number of aromatic nitrogens is 2. The van der Waals surface area contributed by atoms with Crippen molar-refractivity contribution in [1.82, 2.24) is 15.3 Å². The number of nitrogens with one attached hydrogen (secondary N) is 1. The van der Waals surface area contributed by atoms with Gasteiger partial charge in [-0.3, -0.25) is 4.98 Å². The molecule has 0 aliphatic rings. The van der Waals surface area contributed by atoms with E-state index in [9.17, 15) is 0 Å². The van der Waals surface area contributed by atoms with E-state index in [2.05, 4.69) is 29.1 Å². The second kappa shape index (κ2) is 8.82. The van der Waals surface area contributed by atoms with Gasteiger partial charge in [-0.05, 0) is 25.3 Å². The Morgan fingerprint density at radius 1 is 1.26 bits per heavy atom. The second-order valence-corrected chi connectivity index (χ2v) is 4.75. The van der Waals surface area contributed by atoms with Crippen LogP contribution in [0.3, 0.4) is 0 Å². The van der Waals surface area contributed by atoms with Crippen LogP contribution in [0.25, 0.3) is 0 Å². The Hall–Kier alpha value is -1.20. The molecular formula is C14H25N3O2. The largest absolute Gasteiger partial charge is 0.480 e. The first-order chi connectivity index (χ1) is 9.22. The lowest BCUT2D eigenvalue weighted by atomic mass is 10.00. The molecule has 19 heavy (non-hydrogen) atoms. The van der Waals surface area contributed by atoms with Crippen LogP contribution in [0.2, 0.25) is 0 Å². The van der Waals surface area contributed by atoms with Gasteiger partial charge in [0.25, 0.3) is 0 Å². The van der Waals surface area contributed by atoms with Crippen molar-refractivity contribution in [3.8, 4) is 5.88 Å². The van der Waals surface area contributed by atoms with Gasteiger partial charge in [0, 0.05) is 26.1 Å². The monoisotopic (exact) mass is 267 g/mol. The molecule has 0 aromatic carbocycles. The summed E-state index contributed by atoms with van der Waals surface area (Å²) in [7, 11) is 3.36. The van der Waals surface area contributed by atoms with Crippen LogP contribution in [-0.2, 0) is 4.74 Å². The van der Waals surface area contributed by atoms with Gasteiger partial charge in [-0.1, -0.05) is 13.8 Å². The van der Waals surface area contributed by atoms with Gasteiger partial charge in [-0.25, -0.2) is 4.98 Å². The van der Waals surface area contributed by atoms with E-state index in [1.165, 1.54) is 0 Å². The highest BCUT2D eigenvalue weighted by Gasteiger charge is 2.20. The molecule has 0 spiro atoms. The number of hydrogen-bond acceptors (Lipinski definition) is 5. The molecule has 1 heterocycles. The summed E-state index contributed by atoms with van der Waals surface area (Å²) in [4.78, 5) is 8.65. The SMILES string of the molecule is CCCNC(CC(C)COC)c1nccnc1OC. The number of nitrogens with zero attached hydrogens (tertiary/aromatic N) is 2. The molecule has 1 rings (SSSR count). The van der Waals surface area contributed by atoms with Gasteiger partial charge in [0.15, 0.2) is 0 Å². The molecule has 0 aliphatic carbocycles. The zero-order valence-corrected chi connectivity index (χ0v) is 12.3. The van der Waals surface area contributed by atoms with Crippen LogP contribution in [0.15, 0.2) is 12.4 Å². The molecule has 5 heteroatoms.